The van der Waals surface area contributed by atoms with Crippen molar-refractivity contribution in [3.8, 4) is 0 Å². The Kier molecular flexibility index (Phi) is 3.82. The van der Waals surface area contributed by atoms with Crippen molar-refractivity contribution in [2.75, 3.05) is 5.73 Å². The van der Waals surface area contributed by atoms with Crippen LogP contribution in [0.4, 0.5) is 5.69 Å². The number of anilines is 1. The Morgan fingerprint density at radius 2 is 1.82 bits per heavy atom. The molecule has 17 heavy (non-hydrogen) atoms. The number of aliphatic hydroxyl groups is 1. The molecule has 2 rings (SSSR count). The summed E-state index contributed by atoms with van der Waals surface area (Å²) in [5.74, 6) is 0. The average molecular weight is 292 g/mol. The number of nitrogen functional groups attached to an aromatic ring is 1. The standard InChI is InChI=1S/C14H14BrNO/c15-12-7-6-11(13(16)9-12)8-14(17)10-4-2-1-3-5-10/h1-7,9,14,17H,8,16H2. The van der Waals surface area contributed by atoms with Crippen molar-refractivity contribution < 1.29 is 5.11 Å². The fourth-order valence-corrected chi connectivity index (χ4v) is 2.13. The molecule has 2 nitrogen and oxygen atoms in total. The molecule has 0 heterocycles. The molecule has 0 amide bonds. The summed E-state index contributed by atoms with van der Waals surface area (Å²) in [5, 5.41) is 10.1. The minimum absolute atomic E-state index is 0.514. The van der Waals surface area contributed by atoms with Crippen LogP contribution in [-0.2, 0) is 6.42 Å². The molecular formula is C14H14BrNO. The normalized spacial score (nSPS) is 12.4. The smallest absolute Gasteiger partial charge is 0.0831 e. The van der Waals surface area contributed by atoms with E-state index >= 15 is 0 Å². The number of nitrogens with two attached hydrogens (primary N) is 1. The summed E-state index contributed by atoms with van der Waals surface area (Å²) in [4.78, 5) is 0. The molecule has 0 aliphatic rings. The van der Waals surface area contributed by atoms with Gasteiger partial charge in [-0.2, -0.15) is 0 Å². The summed E-state index contributed by atoms with van der Waals surface area (Å²) in [6.07, 6.45) is 0.0167. The van der Waals surface area contributed by atoms with E-state index in [1.165, 1.54) is 0 Å². The fraction of sp³-hybridized carbons (Fsp3) is 0.143. The number of halogens is 1. The number of benzene rings is 2. The molecule has 3 N–H and O–H groups in total. The lowest BCUT2D eigenvalue weighted by Crippen LogP contribution is -2.04. The van der Waals surface area contributed by atoms with Crippen LogP contribution in [0.3, 0.4) is 0 Å². The monoisotopic (exact) mass is 291 g/mol. The maximum atomic E-state index is 10.1. The molecule has 3 heteroatoms. The Balaban J connectivity index is 2.16. The molecular weight excluding hydrogens is 278 g/mol. The summed E-state index contributed by atoms with van der Waals surface area (Å²) >= 11 is 3.36. The van der Waals surface area contributed by atoms with Gasteiger partial charge in [-0.05, 0) is 23.3 Å². The number of hydrogen-bond donors (Lipinski definition) is 2. The third-order valence-electron chi connectivity index (χ3n) is 2.71. The van der Waals surface area contributed by atoms with Gasteiger partial charge in [-0.1, -0.05) is 52.3 Å². The quantitative estimate of drug-likeness (QED) is 0.853. The van der Waals surface area contributed by atoms with E-state index in [1.807, 2.05) is 48.5 Å². The van der Waals surface area contributed by atoms with Gasteiger partial charge >= 0.3 is 0 Å². The number of aliphatic hydroxyl groups excluding tert-OH is 1. The first-order chi connectivity index (χ1) is 8.16. The maximum absolute atomic E-state index is 10.1. The lowest BCUT2D eigenvalue weighted by Gasteiger charge is -2.12. The summed E-state index contributed by atoms with van der Waals surface area (Å²) < 4.78 is 0.952. The molecule has 0 spiro atoms. The molecule has 0 fully saturated rings. The SMILES string of the molecule is Nc1cc(Br)ccc1CC(O)c1ccccc1. The minimum atomic E-state index is -0.514. The molecule has 0 aromatic heterocycles. The maximum Gasteiger partial charge on any atom is 0.0831 e. The molecule has 0 saturated carbocycles. The fourth-order valence-electron chi connectivity index (χ4n) is 1.75. The predicted molar refractivity (Wildman–Crippen MR) is 73.7 cm³/mol. The van der Waals surface area contributed by atoms with Gasteiger partial charge in [0.05, 0.1) is 6.10 Å². The predicted octanol–water partition coefficient (Wildman–Crippen LogP) is 3.31. The van der Waals surface area contributed by atoms with Crippen molar-refractivity contribution in [2.24, 2.45) is 0 Å². The average Bonchev–Trinajstić information content (AvgIpc) is 2.34. The van der Waals surface area contributed by atoms with E-state index in [0.717, 1.165) is 15.6 Å². The van der Waals surface area contributed by atoms with Gasteiger partial charge in [0.1, 0.15) is 0 Å². The second kappa shape index (κ2) is 5.34. The first-order valence-corrected chi connectivity index (χ1v) is 6.23. The molecule has 2 aromatic carbocycles. The van der Waals surface area contributed by atoms with Gasteiger partial charge in [0, 0.05) is 16.6 Å². The van der Waals surface area contributed by atoms with Crippen molar-refractivity contribution in [3.05, 3.63) is 64.1 Å². The van der Waals surface area contributed by atoms with Gasteiger partial charge < -0.3 is 10.8 Å². The Morgan fingerprint density at radius 3 is 2.47 bits per heavy atom. The lowest BCUT2D eigenvalue weighted by atomic mass is 10.0. The van der Waals surface area contributed by atoms with Crippen LogP contribution in [0.1, 0.15) is 17.2 Å². The van der Waals surface area contributed by atoms with Crippen LogP contribution < -0.4 is 5.73 Å². The van der Waals surface area contributed by atoms with Gasteiger partial charge in [-0.15, -0.1) is 0 Å². The van der Waals surface area contributed by atoms with Gasteiger partial charge in [0.15, 0.2) is 0 Å². The highest BCUT2D eigenvalue weighted by Gasteiger charge is 2.10. The second-order valence-corrected chi connectivity index (χ2v) is 4.89. The van der Waals surface area contributed by atoms with Crippen LogP contribution in [0, 0.1) is 0 Å². The molecule has 88 valence electrons. The van der Waals surface area contributed by atoms with Crippen molar-refractivity contribution in [1.29, 1.82) is 0 Å². The number of hydrogen-bond acceptors (Lipinski definition) is 2. The van der Waals surface area contributed by atoms with E-state index in [-0.39, 0.29) is 0 Å². The third kappa shape index (κ3) is 3.08. The minimum Gasteiger partial charge on any atom is -0.398 e. The van der Waals surface area contributed by atoms with Crippen LogP contribution in [0.15, 0.2) is 53.0 Å². The molecule has 0 aliphatic carbocycles. The second-order valence-electron chi connectivity index (χ2n) is 3.97. The van der Waals surface area contributed by atoms with E-state index in [9.17, 15) is 5.11 Å². The van der Waals surface area contributed by atoms with Gasteiger partial charge in [-0.3, -0.25) is 0 Å². The van der Waals surface area contributed by atoms with Crippen molar-refractivity contribution >= 4 is 21.6 Å². The Morgan fingerprint density at radius 1 is 1.12 bits per heavy atom. The molecule has 0 bridgehead atoms. The van der Waals surface area contributed by atoms with Crippen LogP contribution in [0.5, 0.6) is 0 Å². The molecule has 0 aliphatic heterocycles. The first kappa shape index (κ1) is 12.1. The molecule has 0 radical (unpaired) electrons. The Hall–Kier alpha value is -1.32. The highest BCUT2D eigenvalue weighted by atomic mass is 79.9. The summed E-state index contributed by atoms with van der Waals surface area (Å²) in [5.41, 5.74) is 8.48. The lowest BCUT2D eigenvalue weighted by molar-refractivity contribution is 0.178. The van der Waals surface area contributed by atoms with E-state index in [2.05, 4.69) is 15.9 Å². The van der Waals surface area contributed by atoms with E-state index < -0.39 is 6.10 Å². The molecule has 2 aromatic rings. The largest absolute Gasteiger partial charge is 0.398 e. The topological polar surface area (TPSA) is 46.2 Å². The summed E-state index contributed by atoms with van der Waals surface area (Å²) in [7, 11) is 0. The Labute approximate surface area is 109 Å². The van der Waals surface area contributed by atoms with E-state index in [0.29, 0.717) is 12.1 Å². The van der Waals surface area contributed by atoms with Crippen LogP contribution in [0.25, 0.3) is 0 Å². The van der Waals surface area contributed by atoms with Gasteiger partial charge in [-0.25, -0.2) is 0 Å². The van der Waals surface area contributed by atoms with Gasteiger partial charge in [0.25, 0.3) is 0 Å². The van der Waals surface area contributed by atoms with Crippen LogP contribution in [0.2, 0.25) is 0 Å². The molecule has 1 unspecified atom stereocenters. The van der Waals surface area contributed by atoms with Crippen molar-refractivity contribution in [3.63, 3.8) is 0 Å². The molecule has 1 atom stereocenters. The number of rotatable bonds is 3. The summed E-state index contributed by atoms with van der Waals surface area (Å²) in [6.45, 7) is 0. The highest BCUT2D eigenvalue weighted by molar-refractivity contribution is 9.10. The highest BCUT2D eigenvalue weighted by Crippen LogP contribution is 2.24. The van der Waals surface area contributed by atoms with Crippen LogP contribution in [-0.4, -0.2) is 5.11 Å². The van der Waals surface area contributed by atoms with Gasteiger partial charge in [0.2, 0.25) is 0 Å². The van der Waals surface area contributed by atoms with Crippen LogP contribution >= 0.6 is 15.9 Å². The summed E-state index contributed by atoms with van der Waals surface area (Å²) in [6, 6.07) is 15.3. The zero-order valence-corrected chi connectivity index (χ0v) is 10.9. The van der Waals surface area contributed by atoms with E-state index in [4.69, 9.17) is 5.73 Å². The van der Waals surface area contributed by atoms with Crippen molar-refractivity contribution in [2.45, 2.75) is 12.5 Å². The zero-order valence-electron chi connectivity index (χ0n) is 9.31. The third-order valence-corrected chi connectivity index (χ3v) is 3.20. The first-order valence-electron chi connectivity index (χ1n) is 5.44. The zero-order chi connectivity index (χ0) is 12.3. The van der Waals surface area contributed by atoms with Crippen molar-refractivity contribution in [1.82, 2.24) is 0 Å². The molecule has 0 saturated heterocycles. The Bertz CT molecular complexity index is 499. The van der Waals surface area contributed by atoms with E-state index in [1.54, 1.807) is 0 Å².